The van der Waals surface area contributed by atoms with Gasteiger partial charge in [0.15, 0.2) is 5.82 Å². The second-order valence-corrected chi connectivity index (χ2v) is 4.54. The smallest absolute Gasteiger partial charge is 0.295 e. The van der Waals surface area contributed by atoms with Crippen LogP contribution < -0.4 is 10.6 Å². The standard InChI is InChI=1S/C12H17FN4O2/c1-2-15-3-5-16(6-4-15)11-8-10(14)12(17(18)19)7-9(11)13/h7-8H,2-6,14H2,1H3. The third-order valence-electron chi connectivity index (χ3n) is 3.45. The monoisotopic (exact) mass is 268 g/mol. The van der Waals surface area contributed by atoms with Crippen LogP contribution in [0.25, 0.3) is 0 Å². The summed E-state index contributed by atoms with van der Waals surface area (Å²) >= 11 is 0. The van der Waals surface area contributed by atoms with Gasteiger partial charge in [0, 0.05) is 26.2 Å². The molecule has 19 heavy (non-hydrogen) atoms. The van der Waals surface area contributed by atoms with Crippen molar-refractivity contribution in [1.29, 1.82) is 0 Å². The number of anilines is 2. The Morgan fingerprint density at radius 2 is 2.00 bits per heavy atom. The number of hydrogen-bond donors (Lipinski definition) is 1. The molecule has 0 saturated carbocycles. The van der Waals surface area contributed by atoms with Gasteiger partial charge >= 0.3 is 0 Å². The number of nitro groups is 1. The summed E-state index contributed by atoms with van der Waals surface area (Å²) in [6.45, 7) is 6.16. The highest BCUT2D eigenvalue weighted by Crippen LogP contribution is 2.30. The van der Waals surface area contributed by atoms with Gasteiger partial charge in [0.2, 0.25) is 0 Å². The molecule has 0 spiro atoms. The molecule has 1 heterocycles. The number of halogens is 1. The first-order valence-corrected chi connectivity index (χ1v) is 6.23. The zero-order valence-corrected chi connectivity index (χ0v) is 10.8. The van der Waals surface area contributed by atoms with E-state index in [2.05, 4.69) is 11.8 Å². The van der Waals surface area contributed by atoms with E-state index in [-0.39, 0.29) is 11.4 Å². The molecule has 0 unspecified atom stereocenters. The van der Waals surface area contributed by atoms with E-state index in [4.69, 9.17) is 5.73 Å². The van der Waals surface area contributed by atoms with Gasteiger partial charge < -0.3 is 15.5 Å². The first kappa shape index (κ1) is 13.5. The molecule has 0 aromatic heterocycles. The molecule has 1 aliphatic rings. The molecule has 0 bridgehead atoms. The lowest BCUT2D eigenvalue weighted by Gasteiger charge is -2.35. The Morgan fingerprint density at radius 3 is 2.53 bits per heavy atom. The lowest BCUT2D eigenvalue weighted by Crippen LogP contribution is -2.46. The van der Waals surface area contributed by atoms with E-state index in [1.165, 1.54) is 6.07 Å². The van der Waals surface area contributed by atoms with Crippen molar-refractivity contribution in [2.45, 2.75) is 6.92 Å². The van der Waals surface area contributed by atoms with Gasteiger partial charge in [-0.15, -0.1) is 0 Å². The maximum Gasteiger partial charge on any atom is 0.295 e. The van der Waals surface area contributed by atoms with Crippen molar-refractivity contribution in [3.05, 3.63) is 28.1 Å². The summed E-state index contributed by atoms with van der Waals surface area (Å²) in [5, 5.41) is 10.7. The predicted octanol–water partition coefficient (Wildman–Crippen LogP) is 1.46. The van der Waals surface area contributed by atoms with E-state index in [0.29, 0.717) is 18.8 Å². The van der Waals surface area contributed by atoms with Gasteiger partial charge in [-0.3, -0.25) is 10.1 Å². The minimum Gasteiger partial charge on any atom is -0.393 e. The second kappa shape index (κ2) is 5.40. The summed E-state index contributed by atoms with van der Waals surface area (Å²) in [6.07, 6.45) is 0. The fourth-order valence-corrected chi connectivity index (χ4v) is 2.27. The molecule has 2 rings (SSSR count). The summed E-state index contributed by atoms with van der Waals surface area (Å²) in [7, 11) is 0. The average Bonchev–Trinajstić information content (AvgIpc) is 2.41. The summed E-state index contributed by atoms with van der Waals surface area (Å²) in [5.74, 6) is -0.592. The molecule has 0 radical (unpaired) electrons. The minimum atomic E-state index is -0.669. The Labute approximate surface area is 110 Å². The molecule has 2 N–H and O–H groups in total. The number of piperazine rings is 1. The van der Waals surface area contributed by atoms with Crippen LogP contribution in [0.2, 0.25) is 0 Å². The van der Waals surface area contributed by atoms with Crippen molar-refractivity contribution in [3.63, 3.8) is 0 Å². The summed E-state index contributed by atoms with van der Waals surface area (Å²) < 4.78 is 13.9. The predicted molar refractivity (Wildman–Crippen MR) is 71.8 cm³/mol. The molecule has 1 fully saturated rings. The highest BCUT2D eigenvalue weighted by atomic mass is 19.1. The van der Waals surface area contributed by atoms with Crippen molar-refractivity contribution in [1.82, 2.24) is 4.90 Å². The van der Waals surface area contributed by atoms with Gasteiger partial charge in [-0.25, -0.2) is 4.39 Å². The Bertz CT molecular complexity index is 487. The number of nitrogens with two attached hydrogens (primary N) is 1. The number of nitrogen functional groups attached to an aromatic ring is 1. The second-order valence-electron chi connectivity index (χ2n) is 4.54. The third kappa shape index (κ3) is 2.76. The van der Waals surface area contributed by atoms with Gasteiger partial charge in [-0.1, -0.05) is 6.92 Å². The van der Waals surface area contributed by atoms with E-state index in [9.17, 15) is 14.5 Å². The minimum absolute atomic E-state index is 0.000629. The fourth-order valence-electron chi connectivity index (χ4n) is 2.27. The zero-order valence-electron chi connectivity index (χ0n) is 10.8. The van der Waals surface area contributed by atoms with E-state index in [1.54, 1.807) is 0 Å². The molecular weight excluding hydrogens is 251 g/mol. The van der Waals surface area contributed by atoms with Crippen LogP contribution in [0, 0.1) is 15.9 Å². The topological polar surface area (TPSA) is 75.6 Å². The van der Waals surface area contributed by atoms with Crippen LogP contribution in [-0.2, 0) is 0 Å². The number of nitrogens with zero attached hydrogens (tertiary/aromatic N) is 3. The highest BCUT2D eigenvalue weighted by molar-refractivity contribution is 5.67. The first-order valence-electron chi connectivity index (χ1n) is 6.23. The van der Waals surface area contributed by atoms with Crippen LogP contribution >= 0.6 is 0 Å². The lowest BCUT2D eigenvalue weighted by atomic mass is 10.2. The third-order valence-corrected chi connectivity index (χ3v) is 3.45. The fraction of sp³-hybridized carbons (Fsp3) is 0.500. The number of likely N-dealkylation sites (N-methyl/N-ethyl adjacent to an activating group) is 1. The molecule has 0 atom stereocenters. The number of nitro benzene ring substituents is 1. The SMILES string of the molecule is CCN1CCN(c2cc(N)c([N+](=O)[O-])cc2F)CC1. The van der Waals surface area contributed by atoms with E-state index in [1.807, 2.05) is 4.90 Å². The van der Waals surface area contributed by atoms with Gasteiger partial charge in [-0.05, 0) is 12.6 Å². The molecule has 1 aliphatic heterocycles. The molecule has 0 amide bonds. The van der Waals surface area contributed by atoms with Crippen LogP contribution in [0.3, 0.4) is 0 Å². The molecule has 0 aliphatic carbocycles. The van der Waals surface area contributed by atoms with E-state index < -0.39 is 10.7 Å². The van der Waals surface area contributed by atoms with Gasteiger partial charge in [0.05, 0.1) is 16.7 Å². The molecule has 7 heteroatoms. The molecule has 104 valence electrons. The van der Waals surface area contributed by atoms with Crippen molar-refractivity contribution < 1.29 is 9.31 Å². The van der Waals surface area contributed by atoms with Crippen LogP contribution in [0.1, 0.15) is 6.92 Å². The Morgan fingerprint density at radius 1 is 1.37 bits per heavy atom. The Balaban J connectivity index is 2.22. The molecule has 1 aromatic rings. The van der Waals surface area contributed by atoms with Crippen LogP contribution in [0.4, 0.5) is 21.5 Å². The van der Waals surface area contributed by atoms with Crippen LogP contribution in [0.15, 0.2) is 12.1 Å². The Hall–Kier alpha value is -1.89. The van der Waals surface area contributed by atoms with Crippen LogP contribution in [-0.4, -0.2) is 42.5 Å². The summed E-state index contributed by atoms with van der Waals surface area (Å²) in [5.41, 5.74) is 5.57. The largest absolute Gasteiger partial charge is 0.393 e. The van der Waals surface area contributed by atoms with Crippen molar-refractivity contribution in [2.24, 2.45) is 0 Å². The van der Waals surface area contributed by atoms with Crippen molar-refractivity contribution in [3.8, 4) is 0 Å². The first-order chi connectivity index (χ1) is 9.02. The Kier molecular flexibility index (Phi) is 3.84. The number of rotatable bonds is 3. The van der Waals surface area contributed by atoms with Crippen LogP contribution in [0.5, 0.6) is 0 Å². The number of hydrogen-bond acceptors (Lipinski definition) is 5. The van der Waals surface area contributed by atoms with Gasteiger partial charge in [0.1, 0.15) is 5.69 Å². The number of benzene rings is 1. The highest BCUT2D eigenvalue weighted by Gasteiger charge is 2.22. The molecule has 1 aromatic carbocycles. The molecule has 1 saturated heterocycles. The zero-order chi connectivity index (χ0) is 14.0. The maximum atomic E-state index is 13.9. The van der Waals surface area contributed by atoms with E-state index in [0.717, 1.165) is 25.7 Å². The van der Waals surface area contributed by atoms with Gasteiger partial charge in [-0.2, -0.15) is 0 Å². The average molecular weight is 268 g/mol. The lowest BCUT2D eigenvalue weighted by molar-refractivity contribution is -0.384. The van der Waals surface area contributed by atoms with Crippen molar-refractivity contribution >= 4 is 17.1 Å². The van der Waals surface area contributed by atoms with Crippen molar-refractivity contribution in [2.75, 3.05) is 43.4 Å². The van der Waals surface area contributed by atoms with Gasteiger partial charge in [0.25, 0.3) is 5.69 Å². The quantitative estimate of drug-likeness (QED) is 0.510. The maximum absolute atomic E-state index is 13.9. The van der Waals surface area contributed by atoms with E-state index >= 15 is 0 Å². The molecule has 6 nitrogen and oxygen atoms in total. The molecular formula is C12H17FN4O2. The summed E-state index contributed by atoms with van der Waals surface area (Å²) in [4.78, 5) is 14.2. The summed E-state index contributed by atoms with van der Waals surface area (Å²) in [6, 6.07) is 2.26. The normalized spacial score (nSPS) is 16.6.